The molecule has 1 aromatic carbocycles. The molecule has 6 nitrogen and oxygen atoms in total. The average molecular weight is 401 g/mol. The summed E-state index contributed by atoms with van der Waals surface area (Å²) in [6, 6.07) is 4.98. The van der Waals surface area contributed by atoms with E-state index in [4.69, 9.17) is 12.2 Å². The first-order valence-corrected chi connectivity index (χ1v) is 8.53. The highest BCUT2D eigenvalue weighted by Crippen LogP contribution is 2.35. The zero-order valence-corrected chi connectivity index (χ0v) is 14.7. The Hall–Kier alpha value is -1.45. The van der Waals surface area contributed by atoms with E-state index in [1.54, 1.807) is 18.2 Å². The Morgan fingerprint density at radius 3 is 3.14 bits per heavy atom. The molecule has 2 rings (SSSR count). The first-order valence-electron chi connectivity index (χ1n) is 6.34. The Labute approximate surface area is 145 Å². The van der Waals surface area contributed by atoms with Gasteiger partial charge in [-0.15, -0.1) is 6.58 Å². The number of thiocarbonyl (C=S) groups is 1. The number of thioether (sulfide) groups is 1. The maximum Gasteiger partial charge on any atom is 0.294 e. The molecule has 1 aliphatic heterocycles. The van der Waals surface area contributed by atoms with Crippen molar-refractivity contribution in [3.63, 3.8) is 0 Å². The minimum absolute atomic E-state index is 0.0366. The molecular weight excluding hydrogens is 388 g/mol. The van der Waals surface area contributed by atoms with Gasteiger partial charge in [0.25, 0.3) is 5.69 Å². The Bertz CT molecular complexity index is 651. The van der Waals surface area contributed by atoms with Crippen LogP contribution in [-0.2, 0) is 0 Å². The second-order valence-electron chi connectivity index (χ2n) is 4.26. The van der Waals surface area contributed by atoms with Crippen LogP contribution in [0, 0.1) is 10.1 Å². The van der Waals surface area contributed by atoms with Gasteiger partial charge >= 0.3 is 0 Å². The Kier molecular flexibility index (Phi) is 5.92. The van der Waals surface area contributed by atoms with Crippen LogP contribution in [0.1, 0.15) is 0 Å². The molecule has 1 aromatic rings. The van der Waals surface area contributed by atoms with Gasteiger partial charge in [-0.25, -0.2) is 0 Å². The van der Waals surface area contributed by atoms with Gasteiger partial charge in [-0.3, -0.25) is 10.1 Å². The summed E-state index contributed by atoms with van der Waals surface area (Å²) in [5.41, 5.74) is 0.554. The van der Waals surface area contributed by atoms with E-state index in [0.29, 0.717) is 33.5 Å². The predicted molar refractivity (Wildman–Crippen MR) is 98.8 cm³/mol. The summed E-state index contributed by atoms with van der Waals surface area (Å²) in [5, 5.41) is 15.2. The minimum Gasteiger partial charge on any atom is -0.357 e. The average Bonchev–Trinajstić information content (AvgIpc) is 2.92. The standard InChI is InChI=1S/C13H13BrN4O2S2/c1-2-5-15-12(21)16-13-17(6-7-22-13)10-4-3-9(14)8-11(10)18(19)20/h2-4,8H,1,5-7H2,(H,15,21). The molecule has 0 spiro atoms. The summed E-state index contributed by atoms with van der Waals surface area (Å²) in [4.78, 5) is 17.0. The number of nitro benzene ring substituents is 1. The number of hydrogen-bond donors (Lipinski definition) is 1. The highest BCUT2D eigenvalue weighted by Gasteiger charge is 2.27. The van der Waals surface area contributed by atoms with Crippen LogP contribution >= 0.6 is 39.9 Å². The lowest BCUT2D eigenvalue weighted by molar-refractivity contribution is -0.384. The molecule has 0 radical (unpaired) electrons. The fourth-order valence-corrected chi connectivity index (χ4v) is 3.41. The van der Waals surface area contributed by atoms with Gasteiger partial charge in [-0.05, 0) is 24.4 Å². The molecule has 9 heteroatoms. The van der Waals surface area contributed by atoms with Crippen molar-refractivity contribution < 1.29 is 4.92 Å². The number of nitrogens with one attached hydrogen (secondary N) is 1. The third-order valence-corrected chi connectivity index (χ3v) is 4.48. The van der Waals surface area contributed by atoms with Crippen LogP contribution in [0.25, 0.3) is 0 Å². The van der Waals surface area contributed by atoms with Crippen LogP contribution in [0.5, 0.6) is 0 Å². The molecule has 0 bridgehead atoms. The first kappa shape index (κ1) is 16.9. The van der Waals surface area contributed by atoms with Gasteiger partial charge in [-0.2, -0.15) is 4.99 Å². The molecule has 22 heavy (non-hydrogen) atoms. The molecule has 0 aromatic heterocycles. The summed E-state index contributed by atoms with van der Waals surface area (Å²) < 4.78 is 0.663. The largest absolute Gasteiger partial charge is 0.357 e. The van der Waals surface area contributed by atoms with Gasteiger partial charge in [0.05, 0.1) is 4.92 Å². The van der Waals surface area contributed by atoms with E-state index in [2.05, 4.69) is 32.8 Å². The molecule has 0 unspecified atom stereocenters. The van der Waals surface area contributed by atoms with E-state index in [9.17, 15) is 10.1 Å². The van der Waals surface area contributed by atoms with Crippen molar-refractivity contribution in [3.05, 3.63) is 45.4 Å². The highest BCUT2D eigenvalue weighted by atomic mass is 79.9. The number of benzene rings is 1. The summed E-state index contributed by atoms with van der Waals surface area (Å²) in [6.07, 6.45) is 1.69. The Morgan fingerprint density at radius 2 is 2.45 bits per heavy atom. The van der Waals surface area contributed by atoms with Crippen LogP contribution in [-0.4, -0.2) is 34.0 Å². The fourth-order valence-electron chi connectivity index (χ4n) is 1.87. The SMILES string of the molecule is C=CCNC(=S)N=C1SCCN1c1ccc(Br)cc1[N+](=O)[O-]. The normalized spacial score (nSPS) is 15.9. The number of hydrogen-bond acceptors (Lipinski definition) is 4. The first-order chi connectivity index (χ1) is 10.5. The van der Waals surface area contributed by atoms with Gasteiger partial charge in [-0.1, -0.05) is 33.8 Å². The number of halogens is 1. The Morgan fingerprint density at radius 1 is 1.68 bits per heavy atom. The highest BCUT2D eigenvalue weighted by molar-refractivity contribution is 9.10. The van der Waals surface area contributed by atoms with E-state index in [0.717, 1.165) is 5.75 Å². The number of anilines is 1. The summed E-state index contributed by atoms with van der Waals surface area (Å²) in [5.74, 6) is 0.802. The maximum atomic E-state index is 11.3. The molecule has 0 amide bonds. The summed E-state index contributed by atoms with van der Waals surface area (Å²) in [7, 11) is 0. The van der Waals surface area contributed by atoms with Crippen molar-refractivity contribution in [1.29, 1.82) is 0 Å². The zero-order valence-electron chi connectivity index (χ0n) is 11.5. The van der Waals surface area contributed by atoms with Crippen LogP contribution in [0.15, 0.2) is 40.3 Å². The quantitative estimate of drug-likeness (QED) is 0.361. The molecule has 1 fully saturated rings. The van der Waals surface area contributed by atoms with Crippen molar-refractivity contribution in [2.75, 3.05) is 23.7 Å². The molecular formula is C13H13BrN4O2S2. The van der Waals surface area contributed by atoms with Crippen LogP contribution in [0.3, 0.4) is 0 Å². The molecule has 1 N–H and O–H groups in total. The molecule has 1 aliphatic rings. The third kappa shape index (κ3) is 4.05. The summed E-state index contributed by atoms with van der Waals surface area (Å²) in [6.45, 7) is 4.78. The van der Waals surface area contributed by atoms with E-state index >= 15 is 0 Å². The number of nitro groups is 1. The van der Waals surface area contributed by atoms with Gasteiger partial charge in [0, 0.05) is 29.4 Å². The Balaban J connectivity index is 2.31. The molecule has 0 aliphatic carbocycles. The minimum atomic E-state index is -0.394. The van der Waals surface area contributed by atoms with Gasteiger partial charge in [0.15, 0.2) is 10.3 Å². The molecule has 0 atom stereocenters. The van der Waals surface area contributed by atoms with Crippen molar-refractivity contribution in [1.82, 2.24) is 5.32 Å². The molecule has 116 valence electrons. The zero-order chi connectivity index (χ0) is 16.1. The molecule has 1 saturated heterocycles. The van der Waals surface area contributed by atoms with E-state index in [-0.39, 0.29) is 5.69 Å². The number of nitrogens with zero attached hydrogens (tertiary/aromatic N) is 3. The second kappa shape index (κ2) is 7.70. The topological polar surface area (TPSA) is 70.8 Å². The van der Waals surface area contributed by atoms with Gasteiger partial charge in [0.2, 0.25) is 0 Å². The van der Waals surface area contributed by atoms with E-state index in [1.807, 2.05) is 4.90 Å². The molecule has 1 heterocycles. The van der Waals surface area contributed by atoms with Crippen LogP contribution < -0.4 is 10.2 Å². The van der Waals surface area contributed by atoms with Crippen molar-refractivity contribution in [3.8, 4) is 0 Å². The number of aliphatic imine (C=N–C) groups is 1. The third-order valence-electron chi connectivity index (χ3n) is 2.80. The van der Waals surface area contributed by atoms with E-state index < -0.39 is 4.92 Å². The second-order valence-corrected chi connectivity index (χ2v) is 6.62. The maximum absolute atomic E-state index is 11.3. The van der Waals surface area contributed by atoms with Gasteiger partial charge < -0.3 is 10.2 Å². The monoisotopic (exact) mass is 400 g/mol. The van der Waals surface area contributed by atoms with Crippen LogP contribution in [0.2, 0.25) is 0 Å². The fraction of sp³-hybridized carbons (Fsp3) is 0.231. The molecule has 0 saturated carbocycles. The lowest BCUT2D eigenvalue weighted by Crippen LogP contribution is -2.28. The van der Waals surface area contributed by atoms with Crippen LogP contribution in [0.4, 0.5) is 11.4 Å². The smallest absolute Gasteiger partial charge is 0.294 e. The number of rotatable bonds is 4. The van der Waals surface area contributed by atoms with Crippen molar-refractivity contribution in [2.24, 2.45) is 4.99 Å². The van der Waals surface area contributed by atoms with Crippen molar-refractivity contribution >= 4 is 61.6 Å². The summed E-state index contributed by atoms with van der Waals surface area (Å²) >= 11 is 9.91. The van der Waals surface area contributed by atoms with Gasteiger partial charge in [0.1, 0.15) is 5.69 Å². The van der Waals surface area contributed by atoms with Crippen molar-refractivity contribution in [2.45, 2.75) is 0 Å². The lowest BCUT2D eigenvalue weighted by atomic mass is 10.2. The predicted octanol–water partition coefficient (Wildman–Crippen LogP) is 3.33. The van der Waals surface area contributed by atoms with E-state index in [1.165, 1.54) is 17.8 Å². The number of amidine groups is 1. The lowest BCUT2D eigenvalue weighted by Gasteiger charge is -2.18.